The molecule has 23 heavy (non-hydrogen) atoms. The van der Waals surface area contributed by atoms with Crippen LogP contribution in [0.3, 0.4) is 0 Å². The summed E-state index contributed by atoms with van der Waals surface area (Å²) in [6.07, 6.45) is -0.0987. The van der Waals surface area contributed by atoms with Gasteiger partial charge < -0.3 is 9.47 Å². The first-order chi connectivity index (χ1) is 10.9. The Bertz CT molecular complexity index is 606. The number of hydrogen-bond donors (Lipinski definition) is 0. The number of carbonyl (C=O) groups excluding carboxylic acids is 2. The monoisotopic (exact) mass is 429 g/mol. The lowest BCUT2D eigenvalue weighted by Crippen LogP contribution is -2.48. The summed E-state index contributed by atoms with van der Waals surface area (Å²) in [5, 5.41) is 0. The van der Waals surface area contributed by atoms with Crippen molar-refractivity contribution in [3.63, 3.8) is 0 Å². The molecule has 124 valence electrons. The lowest BCUT2D eigenvalue weighted by Gasteiger charge is -2.29. The fourth-order valence-corrected chi connectivity index (χ4v) is 4.29. The van der Waals surface area contributed by atoms with Gasteiger partial charge in [0.2, 0.25) is 0 Å². The molecular weight excluding hydrogens is 409 g/mol. The summed E-state index contributed by atoms with van der Waals surface area (Å²) in [5.41, 5.74) is 0.874. The van der Waals surface area contributed by atoms with E-state index < -0.39 is 12.0 Å². The Morgan fingerprint density at radius 3 is 2.22 bits per heavy atom. The zero-order valence-corrected chi connectivity index (χ0v) is 15.6. The van der Waals surface area contributed by atoms with Gasteiger partial charge in [-0.15, -0.1) is 0 Å². The highest BCUT2D eigenvalue weighted by molar-refractivity contribution is 14.1. The summed E-state index contributed by atoms with van der Waals surface area (Å²) >= 11 is 2.31. The van der Waals surface area contributed by atoms with Crippen LogP contribution in [-0.4, -0.2) is 39.3 Å². The van der Waals surface area contributed by atoms with Crippen LogP contribution in [0, 0.1) is 5.92 Å². The van der Waals surface area contributed by atoms with Crippen LogP contribution >= 0.6 is 22.6 Å². The SMILES string of the molecule is CC[C@H](CI)[C@H]1OC(C)(C)O[C@H]1N1C(=O)c2ccccc2C1=O. The van der Waals surface area contributed by atoms with E-state index in [1.165, 1.54) is 4.90 Å². The molecule has 0 unspecified atom stereocenters. The van der Waals surface area contributed by atoms with Crippen LogP contribution in [0.15, 0.2) is 24.3 Å². The minimum atomic E-state index is -0.816. The number of ether oxygens (including phenoxy) is 2. The van der Waals surface area contributed by atoms with Gasteiger partial charge in [-0.3, -0.25) is 9.59 Å². The second-order valence-electron chi connectivity index (χ2n) is 6.34. The largest absolute Gasteiger partial charge is 0.342 e. The summed E-state index contributed by atoms with van der Waals surface area (Å²) in [6, 6.07) is 6.89. The quantitative estimate of drug-likeness (QED) is 0.419. The van der Waals surface area contributed by atoms with Crippen molar-refractivity contribution in [2.75, 3.05) is 4.43 Å². The minimum absolute atomic E-state index is 0.215. The maximum absolute atomic E-state index is 12.7. The molecule has 0 N–H and O–H groups in total. The van der Waals surface area contributed by atoms with E-state index in [1.54, 1.807) is 24.3 Å². The molecule has 2 amide bonds. The van der Waals surface area contributed by atoms with Gasteiger partial charge in [-0.25, -0.2) is 4.90 Å². The number of benzene rings is 1. The highest BCUT2D eigenvalue weighted by atomic mass is 127. The molecule has 6 heteroatoms. The number of amides is 2. The molecule has 0 saturated carbocycles. The molecule has 1 saturated heterocycles. The molecule has 2 heterocycles. The van der Waals surface area contributed by atoms with Crippen LogP contribution in [0.1, 0.15) is 47.9 Å². The highest BCUT2D eigenvalue weighted by Gasteiger charge is 2.52. The number of hydrogen-bond acceptors (Lipinski definition) is 4. The van der Waals surface area contributed by atoms with Crippen molar-refractivity contribution in [3.05, 3.63) is 35.4 Å². The molecule has 0 radical (unpaired) electrons. The highest BCUT2D eigenvalue weighted by Crippen LogP contribution is 2.38. The molecule has 2 aliphatic rings. The maximum atomic E-state index is 12.7. The molecule has 2 aliphatic heterocycles. The van der Waals surface area contributed by atoms with E-state index >= 15 is 0 Å². The van der Waals surface area contributed by atoms with Gasteiger partial charge >= 0.3 is 0 Å². The lowest BCUT2D eigenvalue weighted by atomic mass is 10.00. The van der Waals surface area contributed by atoms with Crippen LogP contribution < -0.4 is 0 Å². The number of fused-ring (bicyclic) bond motifs is 1. The number of nitrogens with zero attached hydrogens (tertiary/aromatic N) is 1. The van der Waals surface area contributed by atoms with Gasteiger partial charge in [-0.05, 0) is 38.3 Å². The Balaban J connectivity index is 1.97. The van der Waals surface area contributed by atoms with Gasteiger partial charge in [-0.1, -0.05) is 41.6 Å². The number of rotatable bonds is 4. The average molecular weight is 429 g/mol. The molecule has 0 spiro atoms. The number of halogens is 1. The normalized spacial score (nSPS) is 27.4. The fourth-order valence-electron chi connectivity index (χ4n) is 3.17. The van der Waals surface area contributed by atoms with Crippen LogP contribution in [0.4, 0.5) is 0 Å². The molecule has 3 atom stereocenters. The Morgan fingerprint density at radius 2 is 1.74 bits per heavy atom. The standard InChI is InChI=1S/C17H20INO4/c1-4-10(9-18)13-16(23-17(2,3)22-13)19-14(20)11-7-5-6-8-12(11)15(19)21/h5-8,10,13,16H,4,9H2,1-3H3/t10-,13-,16-/m1/s1. The third-order valence-corrected chi connectivity index (χ3v) is 5.50. The topological polar surface area (TPSA) is 55.8 Å². The van der Waals surface area contributed by atoms with E-state index in [-0.39, 0.29) is 23.8 Å². The van der Waals surface area contributed by atoms with Crippen LogP contribution in [0.25, 0.3) is 0 Å². The first kappa shape index (κ1) is 16.9. The first-order valence-corrected chi connectivity index (χ1v) is 9.30. The van der Waals surface area contributed by atoms with Gasteiger partial charge in [-0.2, -0.15) is 0 Å². The van der Waals surface area contributed by atoms with Gasteiger partial charge in [0.25, 0.3) is 11.8 Å². The Morgan fingerprint density at radius 1 is 1.17 bits per heavy atom. The van der Waals surface area contributed by atoms with Gasteiger partial charge in [0.05, 0.1) is 11.1 Å². The summed E-state index contributed by atoms with van der Waals surface area (Å²) in [7, 11) is 0. The first-order valence-electron chi connectivity index (χ1n) is 7.78. The zero-order valence-electron chi connectivity index (χ0n) is 13.4. The Kier molecular flexibility index (Phi) is 4.50. The molecule has 0 bridgehead atoms. The van der Waals surface area contributed by atoms with Crippen LogP contribution in [0.5, 0.6) is 0 Å². The molecule has 0 aliphatic carbocycles. The minimum Gasteiger partial charge on any atom is -0.342 e. The van der Waals surface area contributed by atoms with Crippen molar-refractivity contribution in [2.24, 2.45) is 5.92 Å². The van der Waals surface area contributed by atoms with E-state index in [4.69, 9.17) is 9.47 Å². The number of carbonyl (C=O) groups is 2. The third-order valence-electron chi connectivity index (χ3n) is 4.37. The smallest absolute Gasteiger partial charge is 0.263 e. The van der Waals surface area contributed by atoms with E-state index in [0.717, 1.165) is 10.8 Å². The van der Waals surface area contributed by atoms with Crippen molar-refractivity contribution >= 4 is 34.4 Å². The summed E-state index contributed by atoms with van der Waals surface area (Å²) in [4.78, 5) is 26.7. The number of imide groups is 1. The molecule has 1 aromatic carbocycles. The molecular formula is C17H20INO4. The molecule has 0 aromatic heterocycles. The third kappa shape index (κ3) is 2.81. The summed E-state index contributed by atoms with van der Waals surface area (Å²) in [5.74, 6) is -1.20. The second kappa shape index (κ2) is 6.14. The maximum Gasteiger partial charge on any atom is 0.263 e. The van der Waals surface area contributed by atoms with Gasteiger partial charge in [0.15, 0.2) is 12.0 Å². The molecule has 1 fully saturated rings. The Hall–Kier alpha value is -0.990. The zero-order chi connectivity index (χ0) is 16.8. The average Bonchev–Trinajstić information content (AvgIpc) is 2.96. The predicted octanol–water partition coefficient (Wildman–Crippen LogP) is 3.22. The van der Waals surface area contributed by atoms with E-state index in [0.29, 0.717) is 11.1 Å². The lowest BCUT2D eigenvalue weighted by molar-refractivity contribution is -0.156. The van der Waals surface area contributed by atoms with Crippen molar-refractivity contribution in [3.8, 4) is 0 Å². The van der Waals surface area contributed by atoms with Gasteiger partial charge in [0.1, 0.15) is 6.10 Å². The van der Waals surface area contributed by atoms with Crippen molar-refractivity contribution in [1.29, 1.82) is 0 Å². The van der Waals surface area contributed by atoms with E-state index in [2.05, 4.69) is 29.5 Å². The summed E-state index contributed by atoms with van der Waals surface area (Å²) < 4.78 is 12.9. The van der Waals surface area contributed by atoms with Crippen molar-refractivity contribution in [2.45, 2.75) is 45.3 Å². The fraction of sp³-hybridized carbons (Fsp3) is 0.529. The molecule has 3 rings (SSSR count). The van der Waals surface area contributed by atoms with E-state index in [1.807, 2.05) is 13.8 Å². The number of alkyl halides is 1. The summed E-state index contributed by atoms with van der Waals surface area (Å²) in [6.45, 7) is 5.72. The Labute approximate surface area is 149 Å². The van der Waals surface area contributed by atoms with Crippen LogP contribution in [-0.2, 0) is 9.47 Å². The molecule has 5 nitrogen and oxygen atoms in total. The van der Waals surface area contributed by atoms with Crippen molar-refractivity contribution in [1.82, 2.24) is 4.90 Å². The molecule has 1 aromatic rings. The van der Waals surface area contributed by atoms with Crippen LogP contribution in [0.2, 0.25) is 0 Å². The second-order valence-corrected chi connectivity index (χ2v) is 7.22. The van der Waals surface area contributed by atoms with Crippen molar-refractivity contribution < 1.29 is 19.1 Å². The predicted molar refractivity (Wildman–Crippen MR) is 93.4 cm³/mol. The van der Waals surface area contributed by atoms with Gasteiger partial charge in [0, 0.05) is 4.43 Å². The van der Waals surface area contributed by atoms with E-state index in [9.17, 15) is 9.59 Å².